The molecular weight excluding hydrogens is 326 g/mol. The summed E-state index contributed by atoms with van der Waals surface area (Å²) in [5.74, 6) is 1.19. The zero-order chi connectivity index (χ0) is 13.9. The molecule has 118 valence electrons. The maximum atomic E-state index is 12.7. The van der Waals surface area contributed by atoms with Crippen molar-refractivity contribution in [3.05, 3.63) is 16.1 Å². The van der Waals surface area contributed by atoms with Gasteiger partial charge in [0, 0.05) is 35.4 Å². The molecule has 1 amide bonds. The quantitative estimate of drug-likeness (QED) is 0.912. The third kappa shape index (κ3) is 3.73. The van der Waals surface area contributed by atoms with E-state index in [9.17, 15) is 4.79 Å². The number of thiazole rings is 1. The van der Waals surface area contributed by atoms with Gasteiger partial charge in [0.1, 0.15) is 5.69 Å². The molecule has 1 aliphatic heterocycles. The average molecular weight is 348 g/mol. The summed E-state index contributed by atoms with van der Waals surface area (Å²) in [5, 5.41) is 3.51. The van der Waals surface area contributed by atoms with E-state index in [1.54, 1.807) is 11.3 Å². The van der Waals surface area contributed by atoms with Crippen LogP contribution in [0.5, 0.6) is 0 Å². The molecule has 2 N–H and O–H groups in total. The standard InChI is InChI=1S/C14H21N3OS2.ClH/c15-6-5-13-16-10(9-20-13)14(18)17-7-8-19-12-4-2-1-3-11(12)17;/h9,11-12H,1-8,15H2;1H. The summed E-state index contributed by atoms with van der Waals surface area (Å²) >= 11 is 3.60. The van der Waals surface area contributed by atoms with Crippen molar-refractivity contribution < 1.29 is 4.79 Å². The molecular formula is C14H22ClN3OS2. The first-order valence-corrected chi connectivity index (χ1v) is 9.29. The van der Waals surface area contributed by atoms with Gasteiger partial charge in [0.15, 0.2) is 0 Å². The number of carbonyl (C=O) groups excluding carboxylic acids is 1. The van der Waals surface area contributed by atoms with Crippen LogP contribution in [-0.4, -0.2) is 45.9 Å². The Morgan fingerprint density at radius 1 is 1.43 bits per heavy atom. The first-order valence-electron chi connectivity index (χ1n) is 7.36. The number of aromatic nitrogens is 1. The van der Waals surface area contributed by atoms with Gasteiger partial charge in [-0.05, 0) is 19.4 Å². The lowest BCUT2D eigenvalue weighted by Gasteiger charge is -2.43. The Morgan fingerprint density at radius 3 is 3.05 bits per heavy atom. The smallest absolute Gasteiger partial charge is 0.273 e. The molecule has 0 bridgehead atoms. The first-order chi connectivity index (χ1) is 9.79. The Labute approximate surface area is 140 Å². The van der Waals surface area contributed by atoms with E-state index in [2.05, 4.69) is 9.88 Å². The molecule has 2 fully saturated rings. The molecule has 1 aromatic heterocycles. The molecule has 7 heteroatoms. The molecule has 1 saturated carbocycles. The van der Waals surface area contributed by atoms with E-state index in [4.69, 9.17) is 5.73 Å². The van der Waals surface area contributed by atoms with Crippen molar-refractivity contribution in [2.45, 2.75) is 43.4 Å². The second kappa shape index (κ2) is 7.81. The number of nitrogens with two attached hydrogens (primary N) is 1. The van der Waals surface area contributed by atoms with Crippen LogP contribution in [0.4, 0.5) is 0 Å². The number of hydrogen-bond donors (Lipinski definition) is 1. The highest BCUT2D eigenvalue weighted by molar-refractivity contribution is 8.00. The molecule has 2 atom stereocenters. The highest BCUT2D eigenvalue weighted by Crippen LogP contribution is 2.36. The van der Waals surface area contributed by atoms with Crippen molar-refractivity contribution >= 4 is 41.4 Å². The summed E-state index contributed by atoms with van der Waals surface area (Å²) in [7, 11) is 0. The molecule has 4 nitrogen and oxygen atoms in total. The van der Waals surface area contributed by atoms with Gasteiger partial charge in [0.2, 0.25) is 0 Å². The van der Waals surface area contributed by atoms with E-state index < -0.39 is 0 Å². The van der Waals surface area contributed by atoms with Crippen molar-refractivity contribution in [1.82, 2.24) is 9.88 Å². The Balaban J connectivity index is 0.00000161. The fraction of sp³-hybridized carbons (Fsp3) is 0.714. The Hall–Kier alpha value is -0.300. The lowest BCUT2D eigenvalue weighted by Crippen LogP contribution is -2.51. The number of carbonyl (C=O) groups is 1. The maximum absolute atomic E-state index is 12.7. The maximum Gasteiger partial charge on any atom is 0.273 e. The Morgan fingerprint density at radius 2 is 2.24 bits per heavy atom. The molecule has 2 unspecified atom stereocenters. The fourth-order valence-corrected chi connectivity index (χ4v) is 5.37. The molecule has 0 radical (unpaired) electrons. The van der Waals surface area contributed by atoms with Gasteiger partial charge in [0.25, 0.3) is 5.91 Å². The van der Waals surface area contributed by atoms with Crippen LogP contribution in [0, 0.1) is 0 Å². The number of thioether (sulfide) groups is 1. The van der Waals surface area contributed by atoms with Crippen molar-refractivity contribution in [1.29, 1.82) is 0 Å². The lowest BCUT2D eigenvalue weighted by atomic mass is 9.93. The van der Waals surface area contributed by atoms with Crippen LogP contribution < -0.4 is 5.73 Å². The number of rotatable bonds is 3. The van der Waals surface area contributed by atoms with Crippen LogP contribution in [0.3, 0.4) is 0 Å². The summed E-state index contributed by atoms with van der Waals surface area (Å²) in [6.45, 7) is 1.46. The highest BCUT2D eigenvalue weighted by atomic mass is 35.5. The predicted molar refractivity (Wildman–Crippen MR) is 91.7 cm³/mol. The second-order valence-electron chi connectivity index (χ2n) is 5.42. The first kappa shape index (κ1) is 17.1. The normalized spacial score (nSPS) is 25.1. The van der Waals surface area contributed by atoms with Crippen LogP contribution in [0.15, 0.2) is 5.38 Å². The third-order valence-corrected chi connectivity index (χ3v) is 6.43. The van der Waals surface area contributed by atoms with Gasteiger partial charge in [-0.3, -0.25) is 4.79 Å². The minimum absolute atomic E-state index is 0. The minimum atomic E-state index is 0. The van der Waals surface area contributed by atoms with E-state index in [1.165, 1.54) is 19.3 Å². The summed E-state index contributed by atoms with van der Waals surface area (Å²) in [4.78, 5) is 19.2. The number of fused-ring (bicyclic) bond motifs is 1. The van der Waals surface area contributed by atoms with E-state index in [0.29, 0.717) is 23.5 Å². The number of halogens is 1. The van der Waals surface area contributed by atoms with E-state index in [0.717, 1.165) is 30.1 Å². The lowest BCUT2D eigenvalue weighted by molar-refractivity contribution is 0.0641. The van der Waals surface area contributed by atoms with Gasteiger partial charge in [-0.15, -0.1) is 23.7 Å². The topological polar surface area (TPSA) is 59.2 Å². The molecule has 21 heavy (non-hydrogen) atoms. The predicted octanol–water partition coefficient (Wildman–Crippen LogP) is 2.57. The monoisotopic (exact) mass is 347 g/mol. The molecule has 1 aliphatic carbocycles. The van der Waals surface area contributed by atoms with E-state index in [1.807, 2.05) is 17.1 Å². The van der Waals surface area contributed by atoms with Crippen LogP contribution in [0.1, 0.15) is 41.2 Å². The van der Waals surface area contributed by atoms with Crippen molar-refractivity contribution in [3.8, 4) is 0 Å². The number of nitrogens with zero attached hydrogens (tertiary/aromatic N) is 2. The molecule has 3 rings (SSSR count). The van der Waals surface area contributed by atoms with Gasteiger partial charge in [-0.2, -0.15) is 11.8 Å². The molecule has 2 heterocycles. The highest BCUT2D eigenvalue weighted by Gasteiger charge is 2.37. The SMILES string of the molecule is Cl.NCCc1nc(C(=O)N2CCSC3CCCCC32)cs1. The fourth-order valence-electron chi connectivity index (χ4n) is 3.14. The summed E-state index contributed by atoms with van der Waals surface area (Å²) in [5.41, 5.74) is 6.16. The minimum Gasteiger partial charge on any atom is -0.332 e. The largest absolute Gasteiger partial charge is 0.332 e. The number of hydrogen-bond acceptors (Lipinski definition) is 5. The Bertz CT molecular complexity index is 481. The second-order valence-corrected chi connectivity index (χ2v) is 7.71. The summed E-state index contributed by atoms with van der Waals surface area (Å²) < 4.78 is 0. The van der Waals surface area contributed by atoms with Gasteiger partial charge >= 0.3 is 0 Å². The van der Waals surface area contributed by atoms with Crippen molar-refractivity contribution in [2.24, 2.45) is 5.73 Å². The van der Waals surface area contributed by atoms with Gasteiger partial charge < -0.3 is 10.6 Å². The average Bonchev–Trinajstić information content (AvgIpc) is 2.95. The summed E-state index contributed by atoms with van der Waals surface area (Å²) in [6, 6.07) is 0.426. The van der Waals surface area contributed by atoms with Crippen molar-refractivity contribution in [2.75, 3.05) is 18.8 Å². The molecule has 1 aromatic rings. The third-order valence-electron chi connectivity index (χ3n) is 4.12. The summed E-state index contributed by atoms with van der Waals surface area (Å²) in [6.07, 6.45) is 5.74. The van der Waals surface area contributed by atoms with Crippen LogP contribution in [0.25, 0.3) is 0 Å². The van der Waals surface area contributed by atoms with Crippen molar-refractivity contribution in [3.63, 3.8) is 0 Å². The number of amides is 1. The molecule has 0 spiro atoms. The molecule has 2 aliphatic rings. The van der Waals surface area contributed by atoms with Gasteiger partial charge in [-0.25, -0.2) is 4.98 Å². The zero-order valence-electron chi connectivity index (χ0n) is 12.0. The van der Waals surface area contributed by atoms with E-state index in [-0.39, 0.29) is 18.3 Å². The molecule has 0 aromatic carbocycles. The van der Waals surface area contributed by atoms with E-state index >= 15 is 0 Å². The zero-order valence-corrected chi connectivity index (χ0v) is 14.4. The van der Waals surface area contributed by atoms with Crippen LogP contribution in [-0.2, 0) is 6.42 Å². The Kier molecular flexibility index (Phi) is 6.34. The van der Waals surface area contributed by atoms with Gasteiger partial charge in [0.05, 0.1) is 5.01 Å². The van der Waals surface area contributed by atoms with Gasteiger partial charge in [-0.1, -0.05) is 12.8 Å². The van der Waals surface area contributed by atoms with Crippen LogP contribution in [0.2, 0.25) is 0 Å². The van der Waals surface area contributed by atoms with Crippen LogP contribution >= 0.6 is 35.5 Å². The molecule has 1 saturated heterocycles.